The van der Waals surface area contributed by atoms with Crippen molar-refractivity contribution in [3.8, 4) is 6.07 Å². The molecule has 22 heavy (non-hydrogen) atoms. The normalized spacial score (nSPS) is 10.8. The highest BCUT2D eigenvalue weighted by Crippen LogP contribution is 2.39. The van der Waals surface area contributed by atoms with Crippen LogP contribution in [0, 0.1) is 11.3 Å². The van der Waals surface area contributed by atoms with E-state index in [1.54, 1.807) is 36.4 Å². The molecule has 0 aliphatic carbocycles. The number of amides is 1. The standard InChI is InChI=1S/C14H9F3N2O2S/c15-14(16,17)11-6-10(7-18)12(22-11)19-13(20)21-8-9-4-2-1-3-5-9/h1-6H,8H2,(H,19,20). The minimum atomic E-state index is -4.57. The second-order valence-corrected chi connectivity index (χ2v) is 5.20. The maximum Gasteiger partial charge on any atom is 0.425 e. The summed E-state index contributed by atoms with van der Waals surface area (Å²) in [5.74, 6) is 0. The molecule has 0 atom stereocenters. The van der Waals surface area contributed by atoms with Crippen LogP contribution in [-0.2, 0) is 17.5 Å². The van der Waals surface area contributed by atoms with Gasteiger partial charge in [0.2, 0.25) is 0 Å². The Kier molecular flexibility index (Phi) is 4.68. The number of hydrogen-bond donors (Lipinski definition) is 1. The summed E-state index contributed by atoms with van der Waals surface area (Å²) in [5, 5.41) is 10.8. The third-order valence-electron chi connectivity index (χ3n) is 2.56. The number of rotatable bonds is 3. The van der Waals surface area contributed by atoms with E-state index in [1.165, 1.54) is 0 Å². The van der Waals surface area contributed by atoms with Crippen LogP contribution in [0.5, 0.6) is 0 Å². The number of carbonyl (C=O) groups is 1. The summed E-state index contributed by atoms with van der Waals surface area (Å²) < 4.78 is 42.6. The smallest absolute Gasteiger partial charge is 0.425 e. The van der Waals surface area contributed by atoms with Gasteiger partial charge in [-0.2, -0.15) is 18.4 Å². The monoisotopic (exact) mass is 326 g/mol. The van der Waals surface area contributed by atoms with Gasteiger partial charge in [-0.3, -0.25) is 5.32 Å². The molecule has 1 aromatic carbocycles. The van der Waals surface area contributed by atoms with Crippen molar-refractivity contribution in [1.29, 1.82) is 5.26 Å². The van der Waals surface area contributed by atoms with E-state index < -0.39 is 17.1 Å². The van der Waals surface area contributed by atoms with Gasteiger partial charge in [-0.1, -0.05) is 30.3 Å². The molecule has 0 unspecified atom stereocenters. The Hall–Kier alpha value is -2.53. The Labute approximate surface area is 127 Å². The summed E-state index contributed by atoms with van der Waals surface area (Å²) in [4.78, 5) is 10.6. The first-order valence-electron chi connectivity index (χ1n) is 5.99. The molecule has 8 heteroatoms. The van der Waals surface area contributed by atoms with Gasteiger partial charge in [0.1, 0.15) is 22.6 Å². The van der Waals surface area contributed by atoms with E-state index in [1.807, 2.05) is 0 Å². The molecule has 1 N–H and O–H groups in total. The molecule has 0 spiro atoms. The van der Waals surface area contributed by atoms with Crippen LogP contribution in [0.2, 0.25) is 0 Å². The molecule has 1 aromatic heterocycles. The Bertz CT molecular complexity index is 705. The fourth-order valence-corrected chi connectivity index (χ4v) is 2.42. The predicted octanol–water partition coefficient (Wildman–Crippen LogP) is 4.39. The van der Waals surface area contributed by atoms with Gasteiger partial charge in [0.05, 0.1) is 5.56 Å². The van der Waals surface area contributed by atoms with Gasteiger partial charge in [-0.25, -0.2) is 4.79 Å². The van der Waals surface area contributed by atoms with Crippen LogP contribution in [0.15, 0.2) is 36.4 Å². The molecule has 1 heterocycles. The highest BCUT2D eigenvalue weighted by Gasteiger charge is 2.34. The van der Waals surface area contributed by atoms with Gasteiger partial charge in [0.25, 0.3) is 0 Å². The van der Waals surface area contributed by atoms with Gasteiger partial charge in [-0.15, -0.1) is 11.3 Å². The van der Waals surface area contributed by atoms with E-state index in [0.717, 1.165) is 5.56 Å². The van der Waals surface area contributed by atoms with Crippen molar-refractivity contribution in [1.82, 2.24) is 0 Å². The number of carbonyl (C=O) groups excluding carboxylic acids is 1. The minimum absolute atomic E-state index is 0.0218. The molecule has 0 saturated heterocycles. The highest BCUT2D eigenvalue weighted by atomic mass is 32.1. The van der Waals surface area contributed by atoms with E-state index in [9.17, 15) is 18.0 Å². The summed E-state index contributed by atoms with van der Waals surface area (Å²) in [6, 6.07) is 11.1. The Morgan fingerprint density at radius 2 is 2.00 bits per heavy atom. The Morgan fingerprint density at radius 1 is 1.32 bits per heavy atom. The van der Waals surface area contributed by atoms with Gasteiger partial charge >= 0.3 is 12.3 Å². The molecular weight excluding hydrogens is 317 g/mol. The fraction of sp³-hybridized carbons (Fsp3) is 0.143. The molecule has 0 fully saturated rings. The van der Waals surface area contributed by atoms with Crippen molar-refractivity contribution in [2.24, 2.45) is 0 Å². The topological polar surface area (TPSA) is 62.1 Å². The van der Waals surface area contributed by atoms with Crippen molar-refractivity contribution in [2.75, 3.05) is 5.32 Å². The molecule has 2 rings (SSSR count). The van der Waals surface area contributed by atoms with E-state index >= 15 is 0 Å². The molecule has 4 nitrogen and oxygen atoms in total. The van der Waals surface area contributed by atoms with Gasteiger partial charge in [0, 0.05) is 0 Å². The molecule has 0 bridgehead atoms. The van der Waals surface area contributed by atoms with E-state index in [-0.39, 0.29) is 28.5 Å². The molecule has 0 saturated carbocycles. The lowest BCUT2D eigenvalue weighted by molar-refractivity contribution is -0.134. The number of nitriles is 1. The minimum Gasteiger partial charge on any atom is -0.444 e. The second kappa shape index (κ2) is 6.49. The summed E-state index contributed by atoms with van der Waals surface area (Å²) >= 11 is 0.282. The quantitative estimate of drug-likeness (QED) is 0.910. The van der Waals surface area contributed by atoms with E-state index in [0.29, 0.717) is 6.07 Å². The first-order chi connectivity index (χ1) is 10.4. The summed E-state index contributed by atoms with van der Waals surface area (Å²) in [6.45, 7) is -0.0218. The number of nitrogens with one attached hydrogen (secondary N) is 1. The van der Waals surface area contributed by atoms with Crippen molar-refractivity contribution in [3.05, 3.63) is 52.4 Å². The number of thiophene rings is 1. The number of nitrogens with zero attached hydrogens (tertiary/aromatic N) is 1. The maximum atomic E-state index is 12.6. The molecule has 0 radical (unpaired) electrons. The SMILES string of the molecule is N#Cc1cc(C(F)(F)F)sc1NC(=O)OCc1ccccc1. The number of alkyl halides is 3. The molecular formula is C14H9F3N2O2S. The van der Waals surface area contributed by atoms with Crippen LogP contribution >= 0.6 is 11.3 Å². The number of anilines is 1. The maximum absolute atomic E-state index is 12.6. The van der Waals surface area contributed by atoms with Crippen LogP contribution < -0.4 is 5.32 Å². The number of hydrogen-bond acceptors (Lipinski definition) is 4. The van der Waals surface area contributed by atoms with E-state index in [2.05, 4.69) is 5.32 Å². The average molecular weight is 326 g/mol. The summed E-state index contributed by atoms with van der Waals surface area (Å²) in [5.41, 5.74) is 0.481. The van der Waals surface area contributed by atoms with Gasteiger partial charge in [-0.05, 0) is 11.6 Å². The zero-order valence-electron chi connectivity index (χ0n) is 11.0. The summed E-state index contributed by atoms with van der Waals surface area (Å²) in [6.07, 6.45) is -5.49. The molecule has 0 aliphatic rings. The molecule has 114 valence electrons. The lowest BCUT2D eigenvalue weighted by Gasteiger charge is -2.06. The number of ether oxygens (including phenoxy) is 1. The lowest BCUT2D eigenvalue weighted by atomic mass is 10.2. The van der Waals surface area contributed by atoms with Crippen molar-refractivity contribution >= 4 is 22.4 Å². The Balaban J connectivity index is 2.02. The van der Waals surface area contributed by atoms with E-state index in [4.69, 9.17) is 10.00 Å². The summed E-state index contributed by atoms with van der Waals surface area (Å²) in [7, 11) is 0. The first kappa shape index (κ1) is 15.9. The van der Waals surface area contributed by atoms with Crippen LogP contribution in [0.4, 0.5) is 23.0 Å². The van der Waals surface area contributed by atoms with Crippen LogP contribution in [0.3, 0.4) is 0 Å². The third-order valence-corrected chi connectivity index (χ3v) is 3.66. The lowest BCUT2D eigenvalue weighted by Crippen LogP contribution is -2.13. The highest BCUT2D eigenvalue weighted by molar-refractivity contribution is 7.16. The number of benzene rings is 1. The number of halogens is 3. The zero-order valence-corrected chi connectivity index (χ0v) is 11.8. The first-order valence-corrected chi connectivity index (χ1v) is 6.80. The largest absolute Gasteiger partial charge is 0.444 e. The van der Waals surface area contributed by atoms with Gasteiger partial charge in [0.15, 0.2) is 0 Å². The molecule has 0 aliphatic heterocycles. The van der Waals surface area contributed by atoms with Gasteiger partial charge < -0.3 is 4.74 Å². The van der Waals surface area contributed by atoms with Crippen LogP contribution in [-0.4, -0.2) is 6.09 Å². The average Bonchev–Trinajstić information content (AvgIpc) is 2.89. The molecule has 2 aromatic rings. The van der Waals surface area contributed by atoms with Crippen molar-refractivity contribution < 1.29 is 22.7 Å². The molecule has 1 amide bonds. The van der Waals surface area contributed by atoms with Crippen molar-refractivity contribution in [2.45, 2.75) is 12.8 Å². The predicted molar refractivity (Wildman–Crippen MR) is 74.3 cm³/mol. The Morgan fingerprint density at radius 3 is 2.59 bits per heavy atom. The van der Waals surface area contributed by atoms with Crippen molar-refractivity contribution in [3.63, 3.8) is 0 Å². The van der Waals surface area contributed by atoms with Crippen LogP contribution in [0.1, 0.15) is 16.0 Å². The third kappa shape index (κ3) is 3.99. The van der Waals surface area contributed by atoms with Crippen LogP contribution in [0.25, 0.3) is 0 Å². The zero-order chi connectivity index (χ0) is 16.2. The fourth-order valence-electron chi connectivity index (χ4n) is 1.56. The second-order valence-electron chi connectivity index (χ2n) is 4.15.